The van der Waals surface area contributed by atoms with Crippen LogP contribution in [0.1, 0.15) is 19.3 Å². The van der Waals surface area contributed by atoms with Gasteiger partial charge < -0.3 is 15.5 Å². The van der Waals surface area contributed by atoms with Crippen LogP contribution in [0.25, 0.3) is 0 Å². The summed E-state index contributed by atoms with van der Waals surface area (Å²) >= 11 is 0. The molecule has 3 rings (SSSR count). The number of hydrogen-bond acceptors (Lipinski definition) is 3. The average Bonchev–Trinajstić information content (AvgIpc) is 3.05. The fraction of sp³-hybridized carbons (Fsp3) is 0.500. The number of nitrogens with one attached hydrogen (secondary N) is 2. The molecule has 2 N–H and O–H groups in total. The van der Waals surface area contributed by atoms with Gasteiger partial charge in [-0.3, -0.25) is 9.59 Å². The molecule has 2 fully saturated rings. The van der Waals surface area contributed by atoms with E-state index in [0.717, 1.165) is 44.6 Å². The third kappa shape index (κ3) is 3.59. The van der Waals surface area contributed by atoms with E-state index in [4.69, 9.17) is 0 Å². The van der Waals surface area contributed by atoms with Gasteiger partial charge in [-0.2, -0.15) is 0 Å². The third-order valence-corrected chi connectivity index (χ3v) is 4.25. The average molecular weight is 324 g/mol. The summed E-state index contributed by atoms with van der Waals surface area (Å²) in [6, 6.07) is 9.27. The topological polar surface area (TPSA) is 61.4 Å². The quantitative estimate of drug-likeness (QED) is 0.882. The number of carbonyl (C=O) groups is 2. The van der Waals surface area contributed by atoms with Crippen molar-refractivity contribution in [2.75, 3.05) is 24.5 Å². The highest BCUT2D eigenvalue weighted by atomic mass is 35.5. The lowest BCUT2D eigenvalue weighted by Gasteiger charge is -2.33. The summed E-state index contributed by atoms with van der Waals surface area (Å²) in [6.45, 7) is 2.32. The molecule has 1 aromatic carbocycles. The van der Waals surface area contributed by atoms with Crippen molar-refractivity contribution < 1.29 is 9.59 Å². The number of halogens is 1. The molecule has 2 aliphatic rings. The number of piperidine rings is 1. The lowest BCUT2D eigenvalue weighted by Crippen LogP contribution is -2.53. The molecule has 2 atom stereocenters. The molecule has 0 saturated carbocycles. The van der Waals surface area contributed by atoms with E-state index in [1.165, 1.54) is 0 Å². The van der Waals surface area contributed by atoms with Crippen molar-refractivity contribution in [2.24, 2.45) is 5.92 Å². The number of para-hydroxylation sites is 1. The minimum absolute atomic E-state index is 0. The maximum atomic E-state index is 12.6. The largest absolute Gasteiger partial charge is 0.344 e. The first-order valence-corrected chi connectivity index (χ1v) is 7.63. The van der Waals surface area contributed by atoms with Crippen LogP contribution < -0.4 is 15.5 Å². The molecule has 2 unspecified atom stereocenters. The van der Waals surface area contributed by atoms with E-state index in [-0.39, 0.29) is 36.2 Å². The smallest absolute Gasteiger partial charge is 0.249 e. The number of benzene rings is 1. The second-order valence-corrected chi connectivity index (χ2v) is 5.72. The van der Waals surface area contributed by atoms with Crippen LogP contribution in [-0.4, -0.2) is 37.5 Å². The molecule has 120 valence electrons. The Balaban J connectivity index is 0.00000176. The van der Waals surface area contributed by atoms with E-state index in [2.05, 4.69) is 10.6 Å². The molecule has 0 aromatic heterocycles. The van der Waals surface area contributed by atoms with Gasteiger partial charge in [0.2, 0.25) is 11.8 Å². The van der Waals surface area contributed by atoms with Crippen molar-refractivity contribution >= 4 is 29.9 Å². The van der Waals surface area contributed by atoms with E-state index in [9.17, 15) is 9.59 Å². The molecule has 0 aliphatic carbocycles. The van der Waals surface area contributed by atoms with Gasteiger partial charge in [0.05, 0.1) is 5.92 Å². The highest BCUT2D eigenvalue weighted by Gasteiger charge is 2.32. The maximum absolute atomic E-state index is 12.6. The summed E-state index contributed by atoms with van der Waals surface area (Å²) in [4.78, 5) is 26.5. The number of anilines is 1. The summed E-state index contributed by atoms with van der Waals surface area (Å²) in [7, 11) is 0. The van der Waals surface area contributed by atoms with Crippen molar-refractivity contribution in [1.29, 1.82) is 0 Å². The standard InChI is InChI=1S/C16H21N3O2.ClH/c20-15(12-8-9-17-11-12)18-14-7-4-10-19(16(14)21)13-5-2-1-3-6-13;/h1-3,5-6,12,14,17H,4,7-11H2,(H,18,20);1H. The molecule has 5 nitrogen and oxygen atoms in total. The van der Waals surface area contributed by atoms with Crippen molar-refractivity contribution in [3.05, 3.63) is 30.3 Å². The SMILES string of the molecule is Cl.O=C(NC1CCCN(c2ccccc2)C1=O)C1CCNC1. The van der Waals surface area contributed by atoms with Crippen molar-refractivity contribution in [3.8, 4) is 0 Å². The molecule has 0 bridgehead atoms. The van der Waals surface area contributed by atoms with E-state index in [0.29, 0.717) is 0 Å². The van der Waals surface area contributed by atoms with Crippen molar-refractivity contribution in [1.82, 2.24) is 10.6 Å². The fourth-order valence-electron chi connectivity index (χ4n) is 3.04. The Labute approximate surface area is 136 Å². The Bertz CT molecular complexity index is 517. The Morgan fingerprint density at radius 3 is 2.68 bits per heavy atom. The first kappa shape index (κ1) is 16.8. The molecule has 2 aliphatic heterocycles. The van der Waals surface area contributed by atoms with Crippen LogP contribution >= 0.6 is 12.4 Å². The predicted octanol–water partition coefficient (Wildman–Crippen LogP) is 1.33. The minimum Gasteiger partial charge on any atom is -0.344 e. The number of amides is 2. The van der Waals surface area contributed by atoms with Crippen LogP contribution in [-0.2, 0) is 9.59 Å². The summed E-state index contributed by atoms with van der Waals surface area (Å²) in [6.07, 6.45) is 2.50. The zero-order valence-corrected chi connectivity index (χ0v) is 13.3. The van der Waals surface area contributed by atoms with Crippen molar-refractivity contribution in [3.63, 3.8) is 0 Å². The van der Waals surface area contributed by atoms with Gasteiger partial charge in [0.15, 0.2) is 0 Å². The van der Waals surface area contributed by atoms with Crippen LogP contribution in [0, 0.1) is 5.92 Å². The molecule has 2 heterocycles. The molecular weight excluding hydrogens is 302 g/mol. The molecule has 2 saturated heterocycles. The number of hydrogen-bond donors (Lipinski definition) is 2. The van der Waals surface area contributed by atoms with E-state index in [1.807, 2.05) is 30.3 Å². The zero-order valence-electron chi connectivity index (χ0n) is 12.5. The van der Waals surface area contributed by atoms with Gasteiger partial charge in [0.25, 0.3) is 0 Å². The van der Waals surface area contributed by atoms with Crippen LogP contribution in [0.5, 0.6) is 0 Å². The molecule has 0 spiro atoms. The summed E-state index contributed by atoms with van der Waals surface area (Å²) < 4.78 is 0. The Kier molecular flexibility index (Phi) is 5.80. The highest BCUT2D eigenvalue weighted by molar-refractivity contribution is 6.00. The molecular formula is C16H22ClN3O2. The van der Waals surface area contributed by atoms with Gasteiger partial charge in [0, 0.05) is 18.8 Å². The second-order valence-electron chi connectivity index (χ2n) is 5.72. The molecule has 6 heteroatoms. The number of nitrogens with zero attached hydrogens (tertiary/aromatic N) is 1. The lowest BCUT2D eigenvalue weighted by atomic mass is 10.0. The Morgan fingerprint density at radius 1 is 1.23 bits per heavy atom. The van der Waals surface area contributed by atoms with Gasteiger partial charge in [-0.05, 0) is 37.9 Å². The lowest BCUT2D eigenvalue weighted by molar-refractivity contribution is -0.130. The first-order chi connectivity index (χ1) is 10.3. The summed E-state index contributed by atoms with van der Waals surface area (Å²) in [5.74, 6) is 0.0184. The first-order valence-electron chi connectivity index (χ1n) is 7.63. The maximum Gasteiger partial charge on any atom is 0.249 e. The summed E-state index contributed by atoms with van der Waals surface area (Å²) in [5.41, 5.74) is 0.906. The van der Waals surface area contributed by atoms with E-state index >= 15 is 0 Å². The minimum atomic E-state index is -0.382. The van der Waals surface area contributed by atoms with Crippen LogP contribution in [0.15, 0.2) is 30.3 Å². The molecule has 22 heavy (non-hydrogen) atoms. The van der Waals surface area contributed by atoms with Crippen LogP contribution in [0.4, 0.5) is 5.69 Å². The normalized spacial score (nSPS) is 24.7. The van der Waals surface area contributed by atoms with Gasteiger partial charge in [0.1, 0.15) is 6.04 Å². The van der Waals surface area contributed by atoms with E-state index in [1.54, 1.807) is 4.90 Å². The van der Waals surface area contributed by atoms with Gasteiger partial charge in [-0.15, -0.1) is 12.4 Å². The molecule has 1 aromatic rings. The Morgan fingerprint density at radius 2 is 2.00 bits per heavy atom. The third-order valence-electron chi connectivity index (χ3n) is 4.25. The number of carbonyl (C=O) groups excluding carboxylic acids is 2. The Hall–Kier alpha value is -1.59. The predicted molar refractivity (Wildman–Crippen MR) is 88.2 cm³/mol. The molecule has 2 amide bonds. The van der Waals surface area contributed by atoms with Gasteiger partial charge in [-0.1, -0.05) is 18.2 Å². The monoisotopic (exact) mass is 323 g/mol. The second kappa shape index (κ2) is 7.61. The highest BCUT2D eigenvalue weighted by Crippen LogP contribution is 2.21. The van der Waals surface area contributed by atoms with Crippen molar-refractivity contribution in [2.45, 2.75) is 25.3 Å². The van der Waals surface area contributed by atoms with Crippen LogP contribution in [0.3, 0.4) is 0 Å². The molecule has 0 radical (unpaired) electrons. The van der Waals surface area contributed by atoms with Gasteiger partial charge >= 0.3 is 0 Å². The fourth-order valence-corrected chi connectivity index (χ4v) is 3.04. The van der Waals surface area contributed by atoms with Gasteiger partial charge in [-0.25, -0.2) is 0 Å². The summed E-state index contributed by atoms with van der Waals surface area (Å²) in [5, 5.41) is 6.12. The van der Waals surface area contributed by atoms with Crippen LogP contribution in [0.2, 0.25) is 0 Å². The number of rotatable bonds is 3. The zero-order chi connectivity index (χ0) is 14.7. The van der Waals surface area contributed by atoms with E-state index < -0.39 is 0 Å².